The van der Waals surface area contributed by atoms with Gasteiger partial charge in [0.15, 0.2) is 0 Å². The third-order valence-corrected chi connectivity index (χ3v) is 12.3. The van der Waals surface area contributed by atoms with Crippen LogP contribution in [0.5, 0.6) is 11.5 Å². The van der Waals surface area contributed by atoms with Gasteiger partial charge in [0.1, 0.15) is 5.69 Å². The average molecular weight is 1010 g/mol. The summed E-state index contributed by atoms with van der Waals surface area (Å²) in [6.45, 7) is 0. The number of ether oxygens (including phenoxy) is 1. The Bertz CT molecular complexity index is 3730. The first-order chi connectivity index (χ1) is 31.7. The van der Waals surface area contributed by atoms with Gasteiger partial charge in [0.25, 0.3) is 6.33 Å². The number of benzene rings is 9. The number of imidazole rings is 1. The fourth-order valence-corrected chi connectivity index (χ4v) is 9.50. The minimum Gasteiger partial charge on any atom is -0.503 e. The van der Waals surface area contributed by atoms with Crippen LogP contribution in [0.15, 0.2) is 212 Å². The van der Waals surface area contributed by atoms with E-state index in [-0.39, 0.29) is 21.1 Å². The number of pyridine rings is 1. The molecule has 6 nitrogen and oxygen atoms in total. The number of hydrogen-bond donors (Lipinski definition) is 0. The van der Waals surface area contributed by atoms with Crippen LogP contribution in [0, 0.1) is 18.5 Å². The average Bonchev–Trinajstić information content (AvgIpc) is 4.02. The molecular weight excluding hydrogens is 978 g/mol. The van der Waals surface area contributed by atoms with Gasteiger partial charge in [-0.1, -0.05) is 140 Å². The van der Waals surface area contributed by atoms with Gasteiger partial charge in [0, 0.05) is 54.1 Å². The molecule has 0 N–H and O–H groups in total. The number of nitrogens with zero attached hydrogens (tertiary/aromatic N) is 5. The van der Waals surface area contributed by atoms with Crippen molar-refractivity contribution in [1.82, 2.24) is 18.7 Å². The molecule has 0 amide bonds. The van der Waals surface area contributed by atoms with E-state index in [1.807, 2.05) is 60.7 Å². The second kappa shape index (κ2) is 15.6. The molecule has 0 spiro atoms. The molecule has 0 fully saturated rings. The molecule has 0 radical (unpaired) electrons. The largest absolute Gasteiger partial charge is 0.503 e. The summed E-state index contributed by atoms with van der Waals surface area (Å²) in [5.74, 6) is 1.14. The van der Waals surface area contributed by atoms with Crippen LogP contribution in [0.4, 0.5) is 0 Å². The smallest absolute Gasteiger partial charge is 0.268 e. The zero-order chi connectivity index (χ0) is 42.1. The topological polar surface area (TPSA) is 40.8 Å². The standard InChI is InChI=1S/C58H35N5O.Pt/c1-6-25-48-39(16-1)34-35-49(59-48)40-17-13-19-42(36-40)64-43-20-14-18-41(37-43)60-38-61(55-31-12-11-30-54(55)60)58-56(62-50-26-7-2-21-44(50)45-22-3-8-27-51(45)62)32-15-33-57(58)63-52-28-9-4-23-46(52)47-24-5-10-29-53(47)63;/h1-35H;/q-2;. The number of hydrogen-bond acceptors (Lipinski definition) is 2. The maximum Gasteiger partial charge on any atom is 0.268 e. The molecule has 4 aromatic heterocycles. The van der Waals surface area contributed by atoms with Crippen molar-refractivity contribution in [2.24, 2.45) is 0 Å². The van der Waals surface area contributed by atoms with Gasteiger partial charge in [-0.3, -0.25) is 9.55 Å². The Morgan fingerprint density at radius 3 is 1.57 bits per heavy atom. The summed E-state index contributed by atoms with van der Waals surface area (Å²) in [6.07, 6.45) is 3.86. The van der Waals surface area contributed by atoms with Crippen LogP contribution < -0.4 is 9.30 Å². The normalized spacial score (nSPS) is 11.6. The van der Waals surface area contributed by atoms with Crippen molar-refractivity contribution in [3.05, 3.63) is 231 Å². The fraction of sp³-hybridized carbons (Fsp3) is 0. The van der Waals surface area contributed by atoms with Crippen molar-refractivity contribution in [3.8, 4) is 45.5 Å². The SMILES string of the molecule is [Pt].[c-]1c(Oc2[c-]c(-n3[c-][n+](-c4c(-n5c6ccccc6c6ccccc65)cccc4-n4c5ccccc5c5ccccc54)c4ccccc43)ccc2)cccc1-c1ccc2ccccc2n1. The van der Waals surface area contributed by atoms with Crippen molar-refractivity contribution in [2.45, 2.75) is 0 Å². The van der Waals surface area contributed by atoms with E-state index < -0.39 is 0 Å². The second-order valence-electron chi connectivity index (χ2n) is 16.0. The quantitative estimate of drug-likeness (QED) is 0.118. The van der Waals surface area contributed by atoms with Crippen molar-refractivity contribution in [2.75, 3.05) is 0 Å². The summed E-state index contributed by atoms with van der Waals surface area (Å²) >= 11 is 0. The molecule has 310 valence electrons. The van der Waals surface area contributed by atoms with Gasteiger partial charge in [-0.25, -0.2) is 0 Å². The van der Waals surface area contributed by atoms with Gasteiger partial charge in [-0.05, 0) is 59.2 Å². The maximum atomic E-state index is 6.51. The van der Waals surface area contributed by atoms with Gasteiger partial charge in [0.2, 0.25) is 0 Å². The van der Waals surface area contributed by atoms with Crippen LogP contribution in [0.3, 0.4) is 0 Å². The molecule has 0 aliphatic carbocycles. The first kappa shape index (κ1) is 38.6. The third-order valence-electron chi connectivity index (χ3n) is 12.3. The fourth-order valence-electron chi connectivity index (χ4n) is 9.50. The predicted molar refractivity (Wildman–Crippen MR) is 257 cm³/mol. The summed E-state index contributed by atoms with van der Waals surface area (Å²) < 4.78 is 15.6. The van der Waals surface area contributed by atoms with Gasteiger partial charge in [-0.2, -0.15) is 12.1 Å². The molecule has 0 unspecified atom stereocenters. The molecule has 0 aliphatic rings. The molecule has 13 aromatic rings. The first-order valence-electron chi connectivity index (χ1n) is 21.4. The number of fused-ring (bicyclic) bond motifs is 8. The number of aromatic nitrogens is 5. The van der Waals surface area contributed by atoms with E-state index in [2.05, 4.69) is 188 Å². The van der Waals surface area contributed by atoms with E-state index in [1.165, 1.54) is 21.5 Å². The van der Waals surface area contributed by atoms with Crippen LogP contribution in [-0.2, 0) is 21.1 Å². The van der Waals surface area contributed by atoms with Crippen molar-refractivity contribution in [1.29, 1.82) is 0 Å². The van der Waals surface area contributed by atoms with Gasteiger partial charge in [0.05, 0.1) is 50.0 Å². The zero-order valence-electron chi connectivity index (χ0n) is 34.7. The molecule has 7 heteroatoms. The zero-order valence-corrected chi connectivity index (χ0v) is 36.9. The van der Waals surface area contributed by atoms with E-state index in [1.54, 1.807) is 0 Å². The molecule has 65 heavy (non-hydrogen) atoms. The maximum absolute atomic E-state index is 6.51. The summed E-state index contributed by atoms with van der Waals surface area (Å²) in [6, 6.07) is 81.0. The summed E-state index contributed by atoms with van der Waals surface area (Å²) in [7, 11) is 0. The van der Waals surface area contributed by atoms with Gasteiger partial charge >= 0.3 is 0 Å². The van der Waals surface area contributed by atoms with E-state index in [0.717, 1.165) is 78.0 Å². The molecule has 0 saturated heterocycles. The molecule has 4 heterocycles. The molecular formula is C58H35N5OPt-2. The monoisotopic (exact) mass is 1010 g/mol. The van der Waals surface area contributed by atoms with Crippen molar-refractivity contribution in [3.63, 3.8) is 0 Å². The predicted octanol–water partition coefficient (Wildman–Crippen LogP) is 13.5. The Hall–Kier alpha value is -8.05. The van der Waals surface area contributed by atoms with Crippen LogP contribution in [-0.4, -0.2) is 18.7 Å². The van der Waals surface area contributed by atoms with Crippen molar-refractivity contribution >= 4 is 65.5 Å². The Balaban J connectivity index is 0.00000444. The second-order valence-corrected chi connectivity index (χ2v) is 16.0. The summed E-state index contributed by atoms with van der Waals surface area (Å²) in [4.78, 5) is 4.90. The van der Waals surface area contributed by atoms with Gasteiger partial charge in [-0.15, -0.1) is 35.9 Å². The van der Waals surface area contributed by atoms with Crippen LogP contribution in [0.2, 0.25) is 0 Å². The van der Waals surface area contributed by atoms with Crippen molar-refractivity contribution < 1.29 is 30.4 Å². The van der Waals surface area contributed by atoms with E-state index in [0.29, 0.717) is 11.5 Å². The Labute approximate surface area is 388 Å². The Morgan fingerprint density at radius 1 is 0.431 bits per heavy atom. The Morgan fingerprint density at radius 2 is 0.938 bits per heavy atom. The summed E-state index contributed by atoms with van der Waals surface area (Å²) in [5.41, 5.74) is 12.9. The van der Waals surface area contributed by atoms with E-state index >= 15 is 0 Å². The Kier molecular flexibility index (Phi) is 9.29. The minimum atomic E-state index is 0. The van der Waals surface area contributed by atoms with Crippen LogP contribution in [0.1, 0.15) is 0 Å². The van der Waals surface area contributed by atoms with Crippen LogP contribution >= 0.6 is 0 Å². The molecule has 0 saturated carbocycles. The van der Waals surface area contributed by atoms with Gasteiger partial charge < -0.3 is 18.4 Å². The minimum absolute atomic E-state index is 0. The van der Waals surface area contributed by atoms with Crippen LogP contribution in [0.25, 0.3) is 99.6 Å². The third kappa shape index (κ3) is 6.29. The molecule has 9 aromatic carbocycles. The molecule has 13 rings (SSSR count). The first-order valence-corrected chi connectivity index (χ1v) is 21.4. The number of rotatable bonds is 7. The molecule has 0 bridgehead atoms. The molecule has 0 aliphatic heterocycles. The number of para-hydroxylation sites is 8. The molecule has 0 atom stereocenters. The summed E-state index contributed by atoms with van der Waals surface area (Å²) in [5, 5.41) is 5.89. The van der Waals surface area contributed by atoms with E-state index in [9.17, 15) is 0 Å². The van der Waals surface area contributed by atoms with E-state index in [4.69, 9.17) is 9.72 Å².